The first-order valence-corrected chi connectivity index (χ1v) is 11.7. The van der Waals surface area contributed by atoms with Crippen LogP contribution in [0.3, 0.4) is 0 Å². The van der Waals surface area contributed by atoms with Gasteiger partial charge in [0.15, 0.2) is 5.78 Å². The molecule has 1 aromatic carbocycles. The molecule has 2 aliphatic rings. The number of fused-ring (bicyclic) bond motifs is 1. The Kier molecular flexibility index (Phi) is 8.52. The summed E-state index contributed by atoms with van der Waals surface area (Å²) in [5.74, 6) is 0.822. The molecule has 2 unspecified atom stereocenters. The predicted octanol–water partition coefficient (Wildman–Crippen LogP) is 4.36. The maximum Gasteiger partial charge on any atom is 0.526 e. The Morgan fingerprint density at radius 2 is 2.03 bits per heavy atom. The number of carbonyl (C=O) groups is 2. The molecule has 0 spiro atoms. The second-order valence-corrected chi connectivity index (χ2v) is 9.15. The number of nitrogens with one attached hydrogen (secondary N) is 1. The Bertz CT molecular complexity index is 738. The molecule has 2 N–H and O–H groups in total. The lowest BCUT2D eigenvalue weighted by molar-refractivity contribution is -0.120. The van der Waals surface area contributed by atoms with E-state index in [4.69, 9.17) is 4.65 Å². The van der Waals surface area contributed by atoms with Gasteiger partial charge in [-0.15, -0.1) is 0 Å². The van der Waals surface area contributed by atoms with Crippen LogP contribution in [0.25, 0.3) is 0 Å². The van der Waals surface area contributed by atoms with Crippen LogP contribution in [0.4, 0.5) is 0 Å². The minimum atomic E-state index is -1.04. The van der Waals surface area contributed by atoms with E-state index in [2.05, 4.69) is 12.2 Å². The van der Waals surface area contributed by atoms with Crippen molar-refractivity contribution in [1.82, 2.24) is 5.32 Å². The molecule has 1 aliphatic carbocycles. The summed E-state index contributed by atoms with van der Waals surface area (Å²) in [5, 5.41) is 14.1. The van der Waals surface area contributed by atoms with E-state index in [9.17, 15) is 14.6 Å². The van der Waals surface area contributed by atoms with Crippen LogP contribution in [-0.2, 0) is 11.2 Å². The third-order valence-corrected chi connectivity index (χ3v) is 6.66. The van der Waals surface area contributed by atoms with Crippen LogP contribution < -0.4 is 9.97 Å². The normalized spacial score (nSPS) is 24.0. The highest BCUT2D eigenvalue weighted by atomic mass is 16.5. The van der Waals surface area contributed by atoms with E-state index in [1.807, 2.05) is 12.1 Å². The van der Waals surface area contributed by atoms with Gasteiger partial charge in [-0.25, -0.2) is 0 Å². The van der Waals surface area contributed by atoms with Crippen LogP contribution in [0.15, 0.2) is 18.2 Å². The van der Waals surface area contributed by atoms with Crippen LogP contribution in [0.2, 0.25) is 5.82 Å². The molecule has 1 heterocycles. The van der Waals surface area contributed by atoms with Crippen LogP contribution in [0.1, 0.15) is 87.6 Å². The van der Waals surface area contributed by atoms with Gasteiger partial charge in [-0.1, -0.05) is 31.9 Å². The van der Waals surface area contributed by atoms with E-state index in [1.54, 1.807) is 6.07 Å². The maximum absolute atomic E-state index is 12.8. The fourth-order valence-electron chi connectivity index (χ4n) is 4.90. The molecule has 1 saturated carbocycles. The van der Waals surface area contributed by atoms with E-state index >= 15 is 0 Å². The largest absolute Gasteiger partial charge is 0.535 e. The van der Waals surface area contributed by atoms with E-state index in [-0.39, 0.29) is 17.4 Å². The molecule has 6 heteroatoms. The van der Waals surface area contributed by atoms with E-state index in [0.717, 1.165) is 31.4 Å². The number of carbonyl (C=O) groups excluding carboxylic acids is 2. The van der Waals surface area contributed by atoms with Crippen LogP contribution >= 0.6 is 0 Å². The number of hydrogen-bond donors (Lipinski definition) is 2. The van der Waals surface area contributed by atoms with E-state index in [1.165, 1.54) is 32.6 Å². The fourth-order valence-corrected chi connectivity index (χ4v) is 4.90. The van der Waals surface area contributed by atoms with E-state index in [0.29, 0.717) is 42.5 Å². The van der Waals surface area contributed by atoms with Crippen molar-refractivity contribution in [2.75, 3.05) is 6.54 Å². The van der Waals surface area contributed by atoms with Gasteiger partial charge >= 0.3 is 7.12 Å². The highest BCUT2D eigenvalue weighted by Gasteiger charge is 2.37. The van der Waals surface area contributed by atoms with Gasteiger partial charge in [-0.2, -0.15) is 0 Å². The molecule has 3 rings (SSSR count). The number of benzene rings is 1. The summed E-state index contributed by atoms with van der Waals surface area (Å²) >= 11 is 0. The molecule has 164 valence electrons. The summed E-state index contributed by atoms with van der Waals surface area (Å²) < 4.78 is 5.68. The average molecular weight is 413 g/mol. The second kappa shape index (κ2) is 11.1. The molecular formula is C24H36BNO4. The zero-order chi connectivity index (χ0) is 21.5. The lowest BCUT2D eigenvalue weighted by Crippen LogP contribution is -2.36. The summed E-state index contributed by atoms with van der Waals surface area (Å²) in [6.45, 7) is 4.81. The maximum atomic E-state index is 12.8. The predicted molar refractivity (Wildman–Crippen MR) is 120 cm³/mol. The van der Waals surface area contributed by atoms with Crippen LogP contribution in [-0.4, -0.2) is 36.3 Å². The molecule has 0 amide bonds. The topological polar surface area (TPSA) is 75.6 Å². The van der Waals surface area contributed by atoms with Gasteiger partial charge in [0.2, 0.25) is 0 Å². The van der Waals surface area contributed by atoms with Crippen LogP contribution in [0.5, 0.6) is 5.75 Å². The highest BCUT2D eigenvalue weighted by molar-refractivity contribution is 6.47. The summed E-state index contributed by atoms with van der Waals surface area (Å²) in [6.07, 6.45) is 9.70. The Hall–Kier alpha value is -1.66. The molecule has 0 bridgehead atoms. The third-order valence-electron chi connectivity index (χ3n) is 6.66. The number of hydrogen-bond acceptors (Lipinski definition) is 5. The van der Waals surface area contributed by atoms with Gasteiger partial charge in [0.25, 0.3) is 0 Å². The molecule has 0 aromatic heterocycles. The molecule has 3 atom stereocenters. The number of para-hydroxylation sites is 1. The average Bonchev–Trinajstić information content (AvgIpc) is 2.93. The molecule has 0 radical (unpaired) electrons. The fraction of sp³-hybridized carbons (Fsp3) is 0.667. The Balaban J connectivity index is 1.50. The standard InChI is InChI=1S/C24H36BNO4/c1-3-4-13-26-21-9-5-7-18(11-12-21)14-22(28)16-20-15-19-8-6-10-23(17(2)27)24(19)30-25(20)29/h6,8,10,18,20-21,26,29H,3-5,7,9,11-16H2,1-2H3/t18?,20-,21?/m1/s1. The molecule has 1 aliphatic heterocycles. The second-order valence-electron chi connectivity index (χ2n) is 9.15. The zero-order valence-electron chi connectivity index (χ0n) is 18.5. The SMILES string of the molecule is CCCCNC1CCCC(CC(=O)C[C@H]2Cc3cccc(C(C)=O)c3OB2O)CC1. The third kappa shape index (κ3) is 6.18. The van der Waals surface area contributed by atoms with Gasteiger partial charge in [-0.05, 0) is 69.5 Å². The Morgan fingerprint density at radius 3 is 2.80 bits per heavy atom. The van der Waals surface area contributed by atoms with Crippen molar-refractivity contribution in [3.63, 3.8) is 0 Å². The van der Waals surface area contributed by atoms with Gasteiger partial charge in [0.05, 0.1) is 5.56 Å². The number of ketones is 2. The van der Waals surface area contributed by atoms with Crippen molar-refractivity contribution < 1.29 is 19.3 Å². The van der Waals surface area contributed by atoms with Crippen molar-refractivity contribution in [2.45, 2.75) is 89.9 Å². The van der Waals surface area contributed by atoms with Gasteiger partial charge in [0.1, 0.15) is 11.5 Å². The Labute approximate surface area is 181 Å². The minimum Gasteiger partial charge on any atom is -0.535 e. The number of rotatable bonds is 9. The van der Waals surface area contributed by atoms with E-state index < -0.39 is 7.12 Å². The van der Waals surface area contributed by atoms with Gasteiger partial charge in [-0.3, -0.25) is 9.59 Å². The van der Waals surface area contributed by atoms with Gasteiger partial charge in [0, 0.05) is 24.7 Å². The monoisotopic (exact) mass is 413 g/mol. The quantitative estimate of drug-likeness (QED) is 0.272. The smallest absolute Gasteiger partial charge is 0.526 e. The van der Waals surface area contributed by atoms with Crippen molar-refractivity contribution in [3.05, 3.63) is 29.3 Å². The molecule has 1 aromatic rings. The lowest BCUT2D eigenvalue weighted by atomic mass is 9.64. The van der Waals surface area contributed by atoms with Gasteiger partial charge < -0.3 is 15.0 Å². The summed E-state index contributed by atoms with van der Waals surface area (Å²) in [4.78, 5) is 24.6. The zero-order valence-corrected chi connectivity index (χ0v) is 18.5. The Morgan fingerprint density at radius 1 is 1.20 bits per heavy atom. The first kappa shape index (κ1) is 23.0. The molecular weight excluding hydrogens is 377 g/mol. The molecule has 0 saturated heterocycles. The van der Waals surface area contributed by atoms with Crippen molar-refractivity contribution in [2.24, 2.45) is 5.92 Å². The highest BCUT2D eigenvalue weighted by Crippen LogP contribution is 2.37. The summed E-state index contributed by atoms with van der Waals surface area (Å²) in [7, 11) is -1.04. The van der Waals surface area contributed by atoms with Crippen molar-refractivity contribution in [1.29, 1.82) is 0 Å². The lowest BCUT2D eigenvalue weighted by Gasteiger charge is -2.28. The van der Waals surface area contributed by atoms with Crippen LogP contribution in [0, 0.1) is 5.92 Å². The number of unbranched alkanes of at least 4 members (excludes halogenated alkanes) is 1. The molecule has 5 nitrogen and oxygen atoms in total. The summed E-state index contributed by atoms with van der Waals surface area (Å²) in [5.41, 5.74) is 1.40. The first-order valence-electron chi connectivity index (χ1n) is 11.7. The number of Topliss-reactive ketones (excluding diaryl/α,β-unsaturated/α-hetero) is 2. The summed E-state index contributed by atoms with van der Waals surface area (Å²) in [6, 6.07) is 6.07. The molecule has 30 heavy (non-hydrogen) atoms. The van der Waals surface area contributed by atoms with Crippen molar-refractivity contribution in [3.8, 4) is 5.75 Å². The molecule has 1 fully saturated rings. The first-order chi connectivity index (χ1) is 14.5. The van der Waals surface area contributed by atoms with Crippen molar-refractivity contribution >= 4 is 18.7 Å². The minimum absolute atomic E-state index is 0.0792.